The van der Waals surface area contributed by atoms with Crippen molar-refractivity contribution in [2.24, 2.45) is 0 Å². The van der Waals surface area contributed by atoms with Gasteiger partial charge in [0.05, 0.1) is 32.6 Å². The molecule has 8 heteroatoms. The Morgan fingerprint density at radius 1 is 1.39 bits per heavy atom. The fourth-order valence-electron chi connectivity index (χ4n) is 2.22. The summed E-state index contributed by atoms with van der Waals surface area (Å²) >= 11 is 5.68. The Morgan fingerprint density at radius 2 is 2.26 bits per heavy atom. The number of nitrogens with zero attached hydrogens (tertiary/aromatic N) is 3. The number of fused-ring (bicyclic) bond motifs is 1. The Hall–Kier alpha value is -2.54. The molecule has 3 rings (SSSR count). The predicted octanol–water partition coefficient (Wildman–Crippen LogP) is 2.57. The number of methoxy groups -OCH3 is 1. The molecule has 23 heavy (non-hydrogen) atoms. The van der Waals surface area contributed by atoms with Crippen molar-refractivity contribution in [3.63, 3.8) is 0 Å². The molecule has 1 aromatic carbocycles. The normalized spacial score (nSPS) is 13.6. The minimum absolute atomic E-state index is 0.270. The lowest BCUT2D eigenvalue weighted by atomic mass is 10.2. The van der Waals surface area contributed by atoms with E-state index in [0.717, 1.165) is 17.1 Å². The molecule has 1 aromatic heterocycles. The number of anilines is 1. The molecule has 1 N–H and O–H groups in total. The number of amides is 2. The Labute approximate surface area is 138 Å². The van der Waals surface area contributed by atoms with Crippen LogP contribution in [0, 0.1) is 0 Å². The zero-order valence-corrected chi connectivity index (χ0v) is 13.2. The average Bonchev–Trinajstić information content (AvgIpc) is 2.78. The molecule has 7 nitrogen and oxygen atoms in total. The fraction of sp³-hybridized carbons (Fsp3) is 0.267. The third-order valence-electron chi connectivity index (χ3n) is 3.40. The van der Waals surface area contributed by atoms with Crippen molar-refractivity contribution in [3.05, 3.63) is 41.3 Å². The third-order valence-corrected chi connectivity index (χ3v) is 3.59. The maximum atomic E-state index is 12.4. The summed E-state index contributed by atoms with van der Waals surface area (Å²) in [6.45, 7) is 1.30. The molecule has 1 aliphatic rings. The van der Waals surface area contributed by atoms with Crippen molar-refractivity contribution in [1.29, 1.82) is 0 Å². The van der Waals surface area contributed by atoms with Gasteiger partial charge in [0.1, 0.15) is 23.3 Å². The molecule has 2 heterocycles. The van der Waals surface area contributed by atoms with Gasteiger partial charge in [-0.25, -0.2) is 14.8 Å². The van der Waals surface area contributed by atoms with E-state index in [1.165, 1.54) is 12.4 Å². The molecular weight excluding hydrogens is 320 g/mol. The van der Waals surface area contributed by atoms with Crippen LogP contribution in [0.5, 0.6) is 11.5 Å². The number of rotatable bonds is 2. The molecule has 0 atom stereocenters. The van der Waals surface area contributed by atoms with Gasteiger partial charge < -0.3 is 14.4 Å². The second kappa shape index (κ2) is 6.70. The van der Waals surface area contributed by atoms with Crippen LogP contribution in [-0.4, -0.2) is 41.2 Å². The molecule has 0 bridgehead atoms. The fourth-order valence-corrected chi connectivity index (χ4v) is 2.31. The first-order valence-electron chi connectivity index (χ1n) is 6.99. The van der Waals surface area contributed by atoms with E-state index < -0.39 is 0 Å². The summed E-state index contributed by atoms with van der Waals surface area (Å²) in [6, 6.07) is 5.28. The van der Waals surface area contributed by atoms with Crippen molar-refractivity contribution in [1.82, 2.24) is 14.9 Å². The van der Waals surface area contributed by atoms with Crippen molar-refractivity contribution >= 4 is 23.4 Å². The van der Waals surface area contributed by atoms with Gasteiger partial charge in [0, 0.05) is 11.6 Å². The SMILES string of the molecule is COc1ccc2c(c1)OCCN(C(=O)Nc1cnc(Cl)cn1)C2. The lowest BCUT2D eigenvalue weighted by Crippen LogP contribution is -2.36. The smallest absolute Gasteiger partial charge is 0.323 e. The van der Waals surface area contributed by atoms with Crippen LogP contribution in [0.3, 0.4) is 0 Å². The van der Waals surface area contributed by atoms with Crippen LogP contribution in [0.1, 0.15) is 5.56 Å². The van der Waals surface area contributed by atoms with Gasteiger partial charge in [0.2, 0.25) is 0 Å². The van der Waals surface area contributed by atoms with Crippen molar-refractivity contribution in [2.45, 2.75) is 6.54 Å². The van der Waals surface area contributed by atoms with E-state index >= 15 is 0 Å². The average molecular weight is 335 g/mol. The monoisotopic (exact) mass is 334 g/mol. The van der Waals surface area contributed by atoms with Gasteiger partial charge >= 0.3 is 6.03 Å². The number of urea groups is 1. The zero-order chi connectivity index (χ0) is 16.2. The van der Waals surface area contributed by atoms with Crippen molar-refractivity contribution in [2.75, 3.05) is 25.6 Å². The zero-order valence-electron chi connectivity index (χ0n) is 12.5. The van der Waals surface area contributed by atoms with Gasteiger partial charge in [-0.2, -0.15) is 0 Å². The van der Waals surface area contributed by atoms with Crippen LogP contribution >= 0.6 is 11.6 Å². The standard InChI is InChI=1S/C15H15ClN4O3/c1-22-11-3-2-10-9-20(4-5-23-12(10)6-11)15(21)19-14-8-17-13(16)7-18-14/h2-3,6-8H,4-5,9H2,1H3,(H,18,19,21). The van der Waals surface area contributed by atoms with E-state index in [2.05, 4.69) is 15.3 Å². The van der Waals surface area contributed by atoms with Crippen molar-refractivity contribution in [3.8, 4) is 11.5 Å². The Kier molecular flexibility index (Phi) is 4.47. The first-order valence-corrected chi connectivity index (χ1v) is 7.36. The molecule has 1 aliphatic heterocycles. The van der Waals surface area contributed by atoms with Crippen LogP contribution in [0.25, 0.3) is 0 Å². The van der Waals surface area contributed by atoms with Gasteiger partial charge in [-0.15, -0.1) is 0 Å². The first kappa shape index (κ1) is 15.4. The van der Waals surface area contributed by atoms with E-state index in [-0.39, 0.29) is 11.2 Å². The number of ether oxygens (including phenoxy) is 2. The van der Waals surface area contributed by atoms with Crippen LogP contribution in [0.15, 0.2) is 30.6 Å². The summed E-state index contributed by atoms with van der Waals surface area (Å²) in [7, 11) is 1.60. The topological polar surface area (TPSA) is 76.6 Å². The molecule has 0 radical (unpaired) electrons. The number of halogens is 1. The highest BCUT2D eigenvalue weighted by Crippen LogP contribution is 2.28. The lowest BCUT2D eigenvalue weighted by molar-refractivity contribution is 0.200. The number of hydrogen-bond acceptors (Lipinski definition) is 5. The summed E-state index contributed by atoms with van der Waals surface area (Å²) in [6.07, 6.45) is 2.79. The van der Waals surface area contributed by atoms with Gasteiger partial charge in [-0.05, 0) is 12.1 Å². The van der Waals surface area contributed by atoms with Crippen LogP contribution in [0.4, 0.5) is 10.6 Å². The van der Waals surface area contributed by atoms with E-state index in [1.807, 2.05) is 18.2 Å². The number of aromatic nitrogens is 2. The Balaban J connectivity index is 1.72. The summed E-state index contributed by atoms with van der Waals surface area (Å²) < 4.78 is 10.9. The molecule has 2 amide bonds. The van der Waals surface area contributed by atoms with E-state index in [0.29, 0.717) is 25.5 Å². The molecule has 0 saturated heterocycles. The molecule has 0 fully saturated rings. The lowest BCUT2D eigenvalue weighted by Gasteiger charge is -2.20. The number of nitrogens with one attached hydrogen (secondary N) is 1. The molecule has 0 aliphatic carbocycles. The number of benzene rings is 1. The molecule has 0 spiro atoms. The highest BCUT2D eigenvalue weighted by Gasteiger charge is 2.20. The number of carbonyl (C=O) groups is 1. The minimum Gasteiger partial charge on any atom is -0.497 e. The molecule has 0 unspecified atom stereocenters. The summed E-state index contributed by atoms with van der Waals surface area (Å²) in [5.74, 6) is 1.79. The summed E-state index contributed by atoms with van der Waals surface area (Å²) in [5, 5.41) is 2.97. The van der Waals surface area contributed by atoms with Crippen molar-refractivity contribution < 1.29 is 14.3 Å². The molecule has 120 valence electrons. The second-order valence-corrected chi connectivity index (χ2v) is 5.29. The minimum atomic E-state index is -0.270. The molecular formula is C15H15ClN4O3. The molecule has 0 saturated carbocycles. The van der Waals surface area contributed by atoms with E-state index in [1.54, 1.807) is 12.0 Å². The van der Waals surface area contributed by atoms with Gasteiger partial charge in [0.25, 0.3) is 0 Å². The Bertz CT molecular complexity index is 708. The second-order valence-electron chi connectivity index (χ2n) is 4.90. The highest BCUT2D eigenvalue weighted by molar-refractivity contribution is 6.29. The van der Waals surface area contributed by atoms with Crippen LogP contribution < -0.4 is 14.8 Å². The van der Waals surface area contributed by atoms with E-state index in [9.17, 15) is 4.79 Å². The quantitative estimate of drug-likeness (QED) is 0.913. The highest BCUT2D eigenvalue weighted by atomic mass is 35.5. The predicted molar refractivity (Wildman–Crippen MR) is 85.0 cm³/mol. The van der Waals surface area contributed by atoms with Gasteiger partial charge in [0.15, 0.2) is 5.82 Å². The number of carbonyl (C=O) groups excluding carboxylic acids is 1. The summed E-state index contributed by atoms with van der Waals surface area (Å²) in [4.78, 5) is 21.9. The van der Waals surface area contributed by atoms with Gasteiger partial charge in [-0.3, -0.25) is 5.32 Å². The third kappa shape index (κ3) is 3.62. The van der Waals surface area contributed by atoms with E-state index in [4.69, 9.17) is 21.1 Å². The Morgan fingerprint density at radius 3 is 3.00 bits per heavy atom. The maximum absolute atomic E-state index is 12.4. The largest absolute Gasteiger partial charge is 0.497 e. The maximum Gasteiger partial charge on any atom is 0.323 e. The van der Waals surface area contributed by atoms with Crippen LogP contribution in [0.2, 0.25) is 5.15 Å². The number of hydrogen-bond donors (Lipinski definition) is 1. The molecule has 2 aromatic rings. The summed E-state index contributed by atoms with van der Waals surface area (Å²) in [5.41, 5.74) is 0.917. The van der Waals surface area contributed by atoms with Gasteiger partial charge in [-0.1, -0.05) is 11.6 Å². The first-order chi connectivity index (χ1) is 11.2. The van der Waals surface area contributed by atoms with Crippen LogP contribution in [-0.2, 0) is 6.54 Å².